The minimum absolute atomic E-state index is 0.0372. The van der Waals surface area contributed by atoms with Gasteiger partial charge in [-0.3, -0.25) is 14.6 Å². The van der Waals surface area contributed by atoms with Crippen molar-refractivity contribution in [2.45, 2.75) is 32.6 Å². The number of aryl methyl sites for hydroxylation is 1. The van der Waals surface area contributed by atoms with E-state index in [1.54, 1.807) is 33.8 Å². The first kappa shape index (κ1) is 26.2. The maximum absolute atomic E-state index is 13.5. The van der Waals surface area contributed by atoms with Gasteiger partial charge in [0.15, 0.2) is 5.76 Å². The van der Waals surface area contributed by atoms with Crippen molar-refractivity contribution in [1.82, 2.24) is 19.7 Å². The topological polar surface area (TPSA) is 118 Å². The predicted octanol–water partition coefficient (Wildman–Crippen LogP) is 2.65. The third-order valence-electron chi connectivity index (χ3n) is 6.70. The highest BCUT2D eigenvalue weighted by atomic mass is 16.6. The van der Waals surface area contributed by atoms with Gasteiger partial charge in [-0.2, -0.15) is 0 Å². The van der Waals surface area contributed by atoms with Crippen LogP contribution in [0.15, 0.2) is 40.1 Å². The zero-order chi connectivity index (χ0) is 26.4. The first-order valence-corrected chi connectivity index (χ1v) is 12.6. The fourth-order valence-electron chi connectivity index (χ4n) is 4.75. The molecule has 37 heavy (non-hydrogen) atoms. The molecule has 0 N–H and O–H groups in total. The van der Waals surface area contributed by atoms with Crippen molar-refractivity contribution in [3.8, 4) is 0 Å². The zero-order valence-electron chi connectivity index (χ0n) is 21.5. The summed E-state index contributed by atoms with van der Waals surface area (Å²) < 4.78 is 10.4. The molecule has 2 aromatic rings. The molecule has 2 fully saturated rings. The summed E-state index contributed by atoms with van der Waals surface area (Å²) in [5.41, 5.74) is 2.31. The van der Waals surface area contributed by atoms with Gasteiger partial charge in [0.1, 0.15) is 7.11 Å². The van der Waals surface area contributed by atoms with Crippen molar-refractivity contribution in [3.63, 3.8) is 0 Å². The van der Waals surface area contributed by atoms with Gasteiger partial charge in [-0.25, -0.2) is 4.79 Å². The molecule has 2 aliphatic rings. The molecular formula is C26H33N5O6. The number of furan rings is 1. The van der Waals surface area contributed by atoms with Gasteiger partial charge in [0, 0.05) is 50.9 Å². The Balaban J connectivity index is 1.43. The summed E-state index contributed by atoms with van der Waals surface area (Å²) in [5.74, 6) is 0.0421. The molecule has 11 heteroatoms. The van der Waals surface area contributed by atoms with E-state index < -0.39 is 0 Å². The lowest BCUT2D eigenvalue weighted by atomic mass is 9.89. The van der Waals surface area contributed by atoms with E-state index in [1.165, 1.54) is 13.4 Å². The number of carbonyl (C=O) groups is 3. The summed E-state index contributed by atoms with van der Waals surface area (Å²) in [7, 11) is 1.39. The number of oxime groups is 1. The fourth-order valence-corrected chi connectivity index (χ4v) is 4.75. The molecule has 4 heterocycles. The van der Waals surface area contributed by atoms with Gasteiger partial charge in [-0.15, -0.1) is 0 Å². The Labute approximate surface area is 216 Å². The van der Waals surface area contributed by atoms with E-state index >= 15 is 0 Å². The zero-order valence-corrected chi connectivity index (χ0v) is 21.5. The van der Waals surface area contributed by atoms with Crippen molar-refractivity contribution in [3.05, 3.63) is 53.2 Å². The molecule has 198 valence electrons. The molecule has 0 atom stereocenters. The van der Waals surface area contributed by atoms with Crippen molar-refractivity contribution in [1.29, 1.82) is 0 Å². The standard InChI is InChI=1S/C26H33N5O6/c1-4-36-26(34)31-15-13-30(14-16-31)24(32)20-8-7-18(2)27-22(20)19-9-11-29(12-10-19)25(33)23(28-35-3)21-6-5-17-37-21/h5-8,17,19H,4,9-16H2,1-3H3. The fraction of sp³-hybridized carbons (Fsp3) is 0.500. The number of piperidine rings is 1. The average Bonchev–Trinajstić information content (AvgIpc) is 3.46. The Morgan fingerprint density at radius 2 is 1.73 bits per heavy atom. The molecule has 3 amide bonds. The number of nitrogens with zero attached hydrogens (tertiary/aromatic N) is 5. The molecule has 0 saturated carbocycles. The summed E-state index contributed by atoms with van der Waals surface area (Å²) >= 11 is 0. The monoisotopic (exact) mass is 511 g/mol. The van der Waals surface area contributed by atoms with Crippen molar-refractivity contribution >= 4 is 23.6 Å². The lowest BCUT2D eigenvalue weighted by molar-refractivity contribution is -0.125. The van der Waals surface area contributed by atoms with E-state index in [-0.39, 0.29) is 29.5 Å². The van der Waals surface area contributed by atoms with Gasteiger partial charge in [0.05, 0.1) is 24.1 Å². The van der Waals surface area contributed by atoms with Crippen LogP contribution in [-0.2, 0) is 14.4 Å². The number of hydrogen-bond acceptors (Lipinski definition) is 8. The van der Waals surface area contributed by atoms with E-state index in [0.29, 0.717) is 70.0 Å². The lowest BCUT2D eigenvalue weighted by Gasteiger charge is -2.35. The van der Waals surface area contributed by atoms with Crippen molar-refractivity contribution in [2.24, 2.45) is 5.16 Å². The van der Waals surface area contributed by atoms with Crippen molar-refractivity contribution < 1.29 is 28.4 Å². The molecule has 2 saturated heterocycles. The quantitative estimate of drug-likeness (QED) is 0.432. The number of piperazine rings is 1. The average molecular weight is 512 g/mol. The Hall–Kier alpha value is -3.89. The van der Waals surface area contributed by atoms with E-state index in [0.717, 1.165) is 11.4 Å². The minimum atomic E-state index is -0.348. The highest BCUT2D eigenvalue weighted by molar-refractivity contribution is 6.44. The van der Waals surface area contributed by atoms with Crippen LogP contribution in [0.2, 0.25) is 0 Å². The van der Waals surface area contributed by atoms with Crippen LogP contribution in [0.1, 0.15) is 53.2 Å². The normalized spacial score (nSPS) is 17.1. The SMILES string of the molecule is CCOC(=O)N1CCN(C(=O)c2ccc(C)nc2C2CCN(C(=O)C(=NOC)c3ccco3)CC2)CC1. The van der Waals surface area contributed by atoms with Gasteiger partial charge in [-0.05, 0) is 51.0 Å². The summed E-state index contributed by atoms with van der Waals surface area (Å²) in [6.07, 6.45) is 2.47. The Bertz CT molecular complexity index is 1130. The lowest BCUT2D eigenvalue weighted by Crippen LogP contribution is -2.51. The van der Waals surface area contributed by atoms with E-state index in [2.05, 4.69) is 5.16 Å². The van der Waals surface area contributed by atoms with Crippen LogP contribution in [0, 0.1) is 6.92 Å². The number of amides is 3. The van der Waals surface area contributed by atoms with Crippen LogP contribution in [-0.4, -0.2) is 96.3 Å². The molecule has 11 nitrogen and oxygen atoms in total. The number of likely N-dealkylation sites (tertiary alicyclic amines) is 1. The molecule has 0 radical (unpaired) electrons. The molecule has 0 aromatic carbocycles. The van der Waals surface area contributed by atoms with Crippen LogP contribution in [0.4, 0.5) is 4.79 Å². The molecular weight excluding hydrogens is 478 g/mol. The maximum atomic E-state index is 13.5. The van der Waals surface area contributed by atoms with Crippen LogP contribution in [0.3, 0.4) is 0 Å². The second-order valence-electron chi connectivity index (χ2n) is 9.03. The highest BCUT2D eigenvalue weighted by Gasteiger charge is 2.33. The first-order chi connectivity index (χ1) is 17.9. The minimum Gasteiger partial charge on any atom is -0.462 e. The number of rotatable bonds is 6. The predicted molar refractivity (Wildman–Crippen MR) is 134 cm³/mol. The Morgan fingerprint density at radius 3 is 2.35 bits per heavy atom. The molecule has 2 aliphatic heterocycles. The van der Waals surface area contributed by atoms with Gasteiger partial charge in [0.25, 0.3) is 11.8 Å². The second kappa shape index (κ2) is 11.9. The van der Waals surface area contributed by atoms with Crippen molar-refractivity contribution in [2.75, 3.05) is 53.0 Å². The summed E-state index contributed by atoms with van der Waals surface area (Å²) in [6.45, 7) is 6.73. The van der Waals surface area contributed by atoms with Crippen LogP contribution in [0.5, 0.6) is 0 Å². The maximum Gasteiger partial charge on any atom is 0.409 e. The van der Waals surface area contributed by atoms with Crippen LogP contribution in [0.25, 0.3) is 0 Å². The first-order valence-electron chi connectivity index (χ1n) is 12.6. The number of carbonyl (C=O) groups excluding carboxylic acids is 3. The van der Waals surface area contributed by atoms with Crippen LogP contribution < -0.4 is 0 Å². The Kier molecular flexibility index (Phi) is 8.42. The number of pyridine rings is 1. The molecule has 0 spiro atoms. The van der Waals surface area contributed by atoms with Gasteiger partial charge in [0.2, 0.25) is 5.71 Å². The molecule has 4 rings (SSSR count). The summed E-state index contributed by atoms with van der Waals surface area (Å²) in [5, 5.41) is 3.88. The van der Waals surface area contributed by atoms with Crippen LogP contribution >= 0.6 is 0 Å². The van der Waals surface area contributed by atoms with E-state index in [9.17, 15) is 14.4 Å². The van der Waals surface area contributed by atoms with Gasteiger partial charge < -0.3 is 28.7 Å². The second-order valence-corrected chi connectivity index (χ2v) is 9.03. The molecule has 0 bridgehead atoms. The molecule has 2 aromatic heterocycles. The summed E-state index contributed by atoms with van der Waals surface area (Å²) in [6, 6.07) is 7.05. The number of aromatic nitrogens is 1. The smallest absolute Gasteiger partial charge is 0.409 e. The third kappa shape index (κ3) is 5.92. The largest absolute Gasteiger partial charge is 0.462 e. The van der Waals surface area contributed by atoms with E-state index in [4.69, 9.17) is 19.0 Å². The molecule has 0 aliphatic carbocycles. The molecule has 0 unspecified atom stereocenters. The van der Waals surface area contributed by atoms with Gasteiger partial charge in [-0.1, -0.05) is 5.16 Å². The third-order valence-corrected chi connectivity index (χ3v) is 6.70. The Morgan fingerprint density at radius 1 is 1.03 bits per heavy atom. The highest BCUT2D eigenvalue weighted by Crippen LogP contribution is 2.30. The van der Waals surface area contributed by atoms with E-state index in [1.807, 2.05) is 19.1 Å². The number of hydrogen-bond donors (Lipinski definition) is 0. The number of ether oxygens (including phenoxy) is 1. The summed E-state index contributed by atoms with van der Waals surface area (Å²) in [4.78, 5) is 53.4. The van der Waals surface area contributed by atoms with Gasteiger partial charge >= 0.3 is 6.09 Å².